The van der Waals surface area contributed by atoms with Crippen LogP contribution in [0.2, 0.25) is 0 Å². The fourth-order valence-electron chi connectivity index (χ4n) is 3.42. The van der Waals surface area contributed by atoms with Crippen molar-refractivity contribution in [2.45, 2.75) is 52.9 Å². The first-order chi connectivity index (χ1) is 11.1. The molecule has 3 nitrogen and oxygen atoms in total. The van der Waals surface area contributed by atoms with E-state index in [1.165, 1.54) is 25.7 Å². The Kier molecular flexibility index (Phi) is 6.94. The highest BCUT2D eigenvalue weighted by Gasteiger charge is 2.25. The number of likely N-dealkylation sites (tertiary alicyclic amines) is 1. The molecule has 3 heteroatoms. The quantitative estimate of drug-likeness (QED) is 0.678. The highest BCUT2D eigenvalue weighted by Crippen LogP contribution is 2.23. The zero-order chi connectivity index (χ0) is 16.7. The first kappa shape index (κ1) is 17.8. The second-order valence-electron chi connectivity index (χ2n) is 7.09. The van der Waals surface area contributed by atoms with Crippen LogP contribution in [0.1, 0.15) is 63.2 Å². The van der Waals surface area contributed by atoms with Crippen molar-refractivity contribution in [3.63, 3.8) is 0 Å². The van der Waals surface area contributed by atoms with E-state index in [4.69, 9.17) is 4.74 Å². The molecule has 0 spiro atoms. The summed E-state index contributed by atoms with van der Waals surface area (Å²) in [6.07, 6.45) is 6.04. The molecular weight excluding hydrogens is 286 g/mol. The van der Waals surface area contributed by atoms with E-state index in [0.717, 1.165) is 37.4 Å². The largest absolute Gasteiger partial charge is 0.494 e. The van der Waals surface area contributed by atoms with Crippen LogP contribution in [0.25, 0.3) is 0 Å². The van der Waals surface area contributed by atoms with Crippen molar-refractivity contribution in [2.75, 3.05) is 19.7 Å². The molecule has 1 aliphatic heterocycles. The van der Waals surface area contributed by atoms with Gasteiger partial charge in [0.2, 0.25) is 0 Å². The first-order valence-electron chi connectivity index (χ1n) is 9.12. The van der Waals surface area contributed by atoms with E-state index in [1.807, 2.05) is 29.2 Å². The molecular formula is C20H31NO2. The number of rotatable bonds is 7. The van der Waals surface area contributed by atoms with E-state index >= 15 is 0 Å². The minimum Gasteiger partial charge on any atom is -0.494 e. The van der Waals surface area contributed by atoms with Crippen LogP contribution in [-0.4, -0.2) is 30.5 Å². The molecule has 0 saturated carbocycles. The van der Waals surface area contributed by atoms with E-state index in [0.29, 0.717) is 11.8 Å². The van der Waals surface area contributed by atoms with E-state index in [9.17, 15) is 4.79 Å². The Morgan fingerprint density at radius 2 is 1.74 bits per heavy atom. The van der Waals surface area contributed by atoms with Crippen LogP contribution in [0.3, 0.4) is 0 Å². The molecule has 2 rings (SSSR count). The van der Waals surface area contributed by atoms with Gasteiger partial charge in [-0.15, -0.1) is 0 Å². The molecule has 0 unspecified atom stereocenters. The Morgan fingerprint density at radius 1 is 1.09 bits per heavy atom. The lowest BCUT2D eigenvalue weighted by Gasteiger charge is -2.35. The number of ether oxygens (including phenoxy) is 1. The molecule has 23 heavy (non-hydrogen) atoms. The molecule has 1 saturated heterocycles. The van der Waals surface area contributed by atoms with Gasteiger partial charge in [0.1, 0.15) is 5.75 Å². The number of unbranched alkanes of at least 4 members (excludes halogenated alkanes) is 3. The van der Waals surface area contributed by atoms with Crippen molar-refractivity contribution in [1.29, 1.82) is 0 Å². The van der Waals surface area contributed by atoms with Crippen LogP contribution in [0.5, 0.6) is 5.75 Å². The fourth-order valence-corrected chi connectivity index (χ4v) is 3.42. The van der Waals surface area contributed by atoms with Gasteiger partial charge in [0.15, 0.2) is 0 Å². The van der Waals surface area contributed by atoms with E-state index in [1.54, 1.807) is 0 Å². The maximum Gasteiger partial charge on any atom is 0.253 e. The lowest BCUT2D eigenvalue weighted by atomic mass is 9.91. The fraction of sp³-hybridized carbons (Fsp3) is 0.650. The molecule has 1 heterocycles. The number of amides is 1. The summed E-state index contributed by atoms with van der Waals surface area (Å²) in [6.45, 7) is 9.17. The van der Waals surface area contributed by atoms with Gasteiger partial charge in [-0.25, -0.2) is 0 Å². The SMILES string of the molecule is CCCCCCOc1ccc(C(=O)N2C[C@H](C)C[C@H](C)C2)cc1. The van der Waals surface area contributed by atoms with Crippen LogP contribution in [0.4, 0.5) is 0 Å². The van der Waals surface area contributed by atoms with Crippen molar-refractivity contribution in [2.24, 2.45) is 11.8 Å². The summed E-state index contributed by atoms with van der Waals surface area (Å²) in [6, 6.07) is 7.63. The molecule has 1 amide bonds. The Labute approximate surface area is 141 Å². The van der Waals surface area contributed by atoms with Crippen LogP contribution >= 0.6 is 0 Å². The summed E-state index contributed by atoms with van der Waals surface area (Å²) in [5.74, 6) is 2.19. The molecule has 0 N–H and O–H groups in total. The summed E-state index contributed by atoms with van der Waals surface area (Å²) < 4.78 is 5.74. The van der Waals surface area contributed by atoms with E-state index < -0.39 is 0 Å². The number of benzene rings is 1. The van der Waals surface area contributed by atoms with Gasteiger partial charge in [-0.2, -0.15) is 0 Å². The first-order valence-corrected chi connectivity index (χ1v) is 9.12. The van der Waals surface area contributed by atoms with Gasteiger partial charge in [-0.1, -0.05) is 40.0 Å². The Morgan fingerprint density at radius 3 is 2.35 bits per heavy atom. The van der Waals surface area contributed by atoms with Crippen molar-refractivity contribution >= 4 is 5.91 Å². The highest BCUT2D eigenvalue weighted by molar-refractivity contribution is 5.94. The molecule has 2 atom stereocenters. The number of nitrogens with zero attached hydrogens (tertiary/aromatic N) is 1. The molecule has 128 valence electrons. The summed E-state index contributed by atoms with van der Waals surface area (Å²) in [7, 11) is 0. The van der Waals surface area contributed by atoms with E-state index in [2.05, 4.69) is 20.8 Å². The number of hydrogen-bond donors (Lipinski definition) is 0. The maximum atomic E-state index is 12.6. The number of hydrogen-bond acceptors (Lipinski definition) is 2. The van der Waals surface area contributed by atoms with Gasteiger partial charge in [0, 0.05) is 18.7 Å². The number of piperidine rings is 1. The van der Waals surface area contributed by atoms with Crippen molar-refractivity contribution in [1.82, 2.24) is 4.90 Å². The number of carbonyl (C=O) groups excluding carboxylic acids is 1. The molecule has 0 radical (unpaired) electrons. The average molecular weight is 317 g/mol. The minimum atomic E-state index is 0.151. The second kappa shape index (κ2) is 8.95. The third-order valence-electron chi connectivity index (χ3n) is 4.52. The maximum absolute atomic E-state index is 12.6. The molecule has 1 fully saturated rings. The average Bonchev–Trinajstić information content (AvgIpc) is 2.54. The Bertz CT molecular complexity index is 473. The van der Waals surface area contributed by atoms with Crippen LogP contribution < -0.4 is 4.74 Å². The topological polar surface area (TPSA) is 29.5 Å². The smallest absolute Gasteiger partial charge is 0.253 e. The zero-order valence-corrected chi connectivity index (χ0v) is 14.9. The second-order valence-corrected chi connectivity index (χ2v) is 7.09. The molecule has 1 aromatic rings. The molecule has 0 bridgehead atoms. The van der Waals surface area contributed by atoms with Gasteiger partial charge in [-0.05, 0) is 48.9 Å². The third kappa shape index (κ3) is 5.56. The van der Waals surface area contributed by atoms with Gasteiger partial charge in [0.05, 0.1) is 6.61 Å². The zero-order valence-electron chi connectivity index (χ0n) is 14.9. The predicted molar refractivity (Wildman–Crippen MR) is 94.9 cm³/mol. The lowest BCUT2D eigenvalue weighted by Crippen LogP contribution is -2.42. The normalized spacial score (nSPS) is 21.3. The molecule has 0 aliphatic carbocycles. The lowest BCUT2D eigenvalue weighted by molar-refractivity contribution is 0.0623. The van der Waals surface area contributed by atoms with Gasteiger partial charge in [0.25, 0.3) is 5.91 Å². The molecule has 0 aromatic heterocycles. The van der Waals surface area contributed by atoms with Crippen molar-refractivity contribution < 1.29 is 9.53 Å². The van der Waals surface area contributed by atoms with Gasteiger partial charge >= 0.3 is 0 Å². The standard InChI is InChI=1S/C20H31NO2/c1-4-5-6-7-12-23-19-10-8-18(9-11-19)20(22)21-14-16(2)13-17(3)15-21/h8-11,16-17H,4-7,12-15H2,1-3H3/t16-,17+. The third-order valence-corrected chi connectivity index (χ3v) is 4.52. The van der Waals surface area contributed by atoms with Crippen LogP contribution in [0.15, 0.2) is 24.3 Å². The summed E-state index contributed by atoms with van der Waals surface area (Å²) >= 11 is 0. The Balaban J connectivity index is 1.85. The predicted octanol–water partition coefficient (Wildman–Crippen LogP) is 4.76. The molecule has 1 aliphatic rings. The summed E-state index contributed by atoms with van der Waals surface area (Å²) in [4.78, 5) is 14.6. The van der Waals surface area contributed by atoms with Crippen molar-refractivity contribution in [3.8, 4) is 5.75 Å². The highest BCUT2D eigenvalue weighted by atomic mass is 16.5. The summed E-state index contributed by atoms with van der Waals surface area (Å²) in [5, 5.41) is 0. The summed E-state index contributed by atoms with van der Waals surface area (Å²) in [5.41, 5.74) is 0.768. The van der Waals surface area contributed by atoms with Crippen LogP contribution in [0, 0.1) is 11.8 Å². The minimum absolute atomic E-state index is 0.151. The van der Waals surface area contributed by atoms with E-state index in [-0.39, 0.29) is 5.91 Å². The van der Waals surface area contributed by atoms with Gasteiger partial charge in [-0.3, -0.25) is 4.79 Å². The van der Waals surface area contributed by atoms with Crippen LogP contribution in [-0.2, 0) is 0 Å². The monoisotopic (exact) mass is 317 g/mol. The number of carbonyl (C=O) groups is 1. The van der Waals surface area contributed by atoms with Crippen molar-refractivity contribution in [3.05, 3.63) is 29.8 Å². The van der Waals surface area contributed by atoms with Gasteiger partial charge < -0.3 is 9.64 Å². The Hall–Kier alpha value is -1.51. The molecule has 1 aromatic carbocycles.